The number of carbonyl (C=O) groups is 1. The Hall–Kier alpha value is -3.29. The highest BCUT2D eigenvalue weighted by molar-refractivity contribution is 5.97. The van der Waals surface area contributed by atoms with E-state index in [9.17, 15) is 4.79 Å². The van der Waals surface area contributed by atoms with E-state index in [1.54, 1.807) is 25.1 Å². The van der Waals surface area contributed by atoms with Gasteiger partial charge in [-0.2, -0.15) is 0 Å². The largest absolute Gasteiger partial charge is 0.493 e. The van der Waals surface area contributed by atoms with E-state index in [4.69, 9.17) is 18.7 Å². The summed E-state index contributed by atoms with van der Waals surface area (Å²) in [5.41, 5.74) is 2.65. The van der Waals surface area contributed by atoms with Gasteiger partial charge in [-0.25, -0.2) is 4.39 Å². The number of carbonyl (C=O) groups excluding carboxylic acids is 1. The molecule has 1 aromatic heterocycles. The molecule has 1 aliphatic rings. The zero-order valence-electron chi connectivity index (χ0n) is 20.2. The van der Waals surface area contributed by atoms with Crippen molar-refractivity contribution in [3.8, 4) is 17.2 Å². The Morgan fingerprint density at radius 2 is 1.97 bits per heavy atom. The van der Waals surface area contributed by atoms with Gasteiger partial charge in [0.25, 0.3) is 0 Å². The molecule has 8 heteroatoms. The van der Waals surface area contributed by atoms with Crippen molar-refractivity contribution in [1.29, 1.82) is 0 Å². The molecule has 0 N–H and O–H groups in total. The maximum absolute atomic E-state index is 15.5. The van der Waals surface area contributed by atoms with Gasteiger partial charge in [-0.05, 0) is 50.3 Å². The van der Waals surface area contributed by atoms with Crippen LogP contribution >= 0.6 is 0 Å². The molecule has 1 unspecified atom stereocenters. The SMILES string of the molecule is CCCc1noc2cc(F)c(Oc3ccc(C(C)OC(C)=O)cc3OC)c(N3CCCCC3)c12. The lowest BCUT2D eigenvalue weighted by atomic mass is 10.0. The van der Waals surface area contributed by atoms with Crippen LogP contribution in [0.1, 0.15) is 63.8 Å². The van der Waals surface area contributed by atoms with Gasteiger partial charge in [-0.1, -0.05) is 24.6 Å². The number of rotatable bonds is 8. The van der Waals surface area contributed by atoms with Gasteiger partial charge in [0.1, 0.15) is 6.10 Å². The van der Waals surface area contributed by atoms with Crippen molar-refractivity contribution in [2.24, 2.45) is 0 Å². The van der Waals surface area contributed by atoms with Crippen LogP contribution in [-0.4, -0.2) is 31.3 Å². The molecule has 3 aromatic rings. The van der Waals surface area contributed by atoms with Gasteiger partial charge < -0.3 is 23.6 Å². The van der Waals surface area contributed by atoms with Crippen LogP contribution < -0.4 is 14.4 Å². The highest BCUT2D eigenvalue weighted by atomic mass is 19.1. The first-order valence-corrected chi connectivity index (χ1v) is 11.8. The Balaban J connectivity index is 1.80. The summed E-state index contributed by atoms with van der Waals surface area (Å²) in [6.07, 6.45) is 4.36. The highest BCUT2D eigenvalue weighted by Crippen LogP contribution is 2.45. The van der Waals surface area contributed by atoms with Crippen molar-refractivity contribution in [3.63, 3.8) is 0 Å². The van der Waals surface area contributed by atoms with Gasteiger partial charge in [0.15, 0.2) is 28.6 Å². The number of anilines is 1. The van der Waals surface area contributed by atoms with E-state index in [1.165, 1.54) is 20.1 Å². The minimum Gasteiger partial charge on any atom is -0.493 e. The van der Waals surface area contributed by atoms with Crippen molar-refractivity contribution >= 4 is 22.6 Å². The Morgan fingerprint density at radius 1 is 1.21 bits per heavy atom. The van der Waals surface area contributed by atoms with Gasteiger partial charge in [0.05, 0.1) is 23.9 Å². The molecule has 0 saturated carbocycles. The number of fused-ring (bicyclic) bond motifs is 1. The van der Waals surface area contributed by atoms with Crippen molar-refractivity contribution in [2.75, 3.05) is 25.1 Å². The molecule has 1 atom stereocenters. The van der Waals surface area contributed by atoms with Crippen LogP contribution in [0.2, 0.25) is 0 Å². The number of piperidine rings is 1. The van der Waals surface area contributed by atoms with E-state index in [1.807, 2.05) is 0 Å². The summed E-state index contributed by atoms with van der Waals surface area (Å²) in [6.45, 7) is 6.83. The number of halogens is 1. The van der Waals surface area contributed by atoms with E-state index in [0.717, 1.165) is 61.8 Å². The molecule has 34 heavy (non-hydrogen) atoms. The number of esters is 1. The van der Waals surface area contributed by atoms with E-state index < -0.39 is 11.9 Å². The lowest BCUT2D eigenvalue weighted by Crippen LogP contribution is -2.30. The zero-order valence-corrected chi connectivity index (χ0v) is 20.2. The van der Waals surface area contributed by atoms with Crippen LogP contribution in [0.5, 0.6) is 17.2 Å². The number of aryl methyl sites for hydroxylation is 1. The third-order valence-corrected chi connectivity index (χ3v) is 6.09. The molecular formula is C26H31FN2O5. The molecule has 0 amide bonds. The van der Waals surface area contributed by atoms with E-state index in [-0.39, 0.29) is 11.7 Å². The van der Waals surface area contributed by atoms with Crippen LogP contribution in [0.15, 0.2) is 28.8 Å². The fourth-order valence-corrected chi connectivity index (χ4v) is 4.47. The number of nitrogens with zero attached hydrogens (tertiary/aromatic N) is 2. The summed E-state index contributed by atoms with van der Waals surface area (Å²) in [5.74, 6) is 0.0247. The average molecular weight is 471 g/mol. The summed E-state index contributed by atoms with van der Waals surface area (Å²) >= 11 is 0. The zero-order chi connectivity index (χ0) is 24.2. The van der Waals surface area contributed by atoms with Crippen LogP contribution in [0, 0.1) is 5.82 Å². The second kappa shape index (κ2) is 10.3. The van der Waals surface area contributed by atoms with Crippen LogP contribution in [0.4, 0.5) is 10.1 Å². The van der Waals surface area contributed by atoms with Gasteiger partial charge in [-0.3, -0.25) is 4.79 Å². The molecule has 1 fully saturated rings. The fraction of sp³-hybridized carbons (Fsp3) is 0.462. The lowest BCUT2D eigenvalue weighted by Gasteiger charge is -2.31. The van der Waals surface area contributed by atoms with E-state index >= 15 is 4.39 Å². The van der Waals surface area contributed by atoms with Crippen molar-refractivity contribution < 1.29 is 27.9 Å². The molecule has 4 rings (SSSR count). The van der Waals surface area contributed by atoms with Crippen LogP contribution in [0.3, 0.4) is 0 Å². The van der Waals surface area contributed by atoms with Crippen LogP contribution in [-0.2, 0) is 16.0 Å². The molecule has 1 saturated heterocycles. The Kier molecular flexibility index (Phi) is 7.24. The second-order valence-corrected chi connectivity index (χ2v) is 8.60. The third-order valence-electron chi connectivity index (χ3n) is 6.09. The van der Waals surface area contributed by atoms with E-state index in [2.05, 4.69) is 17.0 Å². The fourth-order valence-electron chi connectivity index (χ4n) is 4.47. The minimum atomic E-state index is -0.522. The summed E-state index contributed by atoms with van der Waals surface area (Å²) in [4.78, 5) is 13.5. The van der Waals surface area contributed by atoms with Crippen molar-refractivity contribution in [1.82, 2.24) is 5.16 Å². The van der Waals surface area contributed by atoms with Crippen LogP contribution in [0.25, 0.3) is 11.0 Å². The first-order chi connectivity index (χ1) is 16.4. The molecule has 0 spiro atoms. The van der Waals surface area contributed by atoms with Gasteiger partial charge in [0.2, 0.25) is 0 Å². The third kappa shape index (κ3) is 4.81. The highest BCUT2D eigenvalue weighted by Gasteiger charge is 2.27. The lowest BCUT2D eigenvalue weighted by molar-refractivity contribution is -0.145. The summed E-state index contributed by atoms with van der Waals surface area (Å²) in [5, 5.41) is 5.03. The average Bonchev–Trinajstić information content (AvgIpc) is 3.21. The number of hydrogen-bond acceptors (Lipinski definition) is 7. The quantitative estimate of drug-likeness (QED) is 0.356. The summed E-state index contributed by atoms with van der Waals surface area (Å²) < 4.78 is 38.0. The molecule has 2 aromatic carbocycles. The molecule has 182 valence electrons. The normalized spacial score (nSPS) is 14.8. The Labute approximate surface area is 198 Å². The standard InChI is InChI=1S/C26H31FN2O5/c1-5-9-20-24-23(34-28-20)15-19(27)26(25(24)29-12-7-6-8-13-29)33-21-11-10-18(14-22(21)31-4)16(2)32-17(3)30/h10-11,14-16H,5-9,12-13H2,1-4H3. The predicted octanol–water partition coefficient (Wildman–Crippen LogP) is 6.33. The first kappa shape index (κ1) is 23.9. The first-order valence-electron chi connectivity index (χ1n) is 11.8. The smallest absolute Gasteiger partial charge is 0.303 e. The number of hydrogen-bond donors (Lipinski definition) is 0. The summed E-state index contributed by atoms with van der Waals surface area (Å²) in [6, 6.07) is 6.57. The second-order valence-electron chi connectivity index (χ2n) is 8.60. The topological polar surface area (TPSA) is 74.0 Å². The maximum atomic E-state index is 15.5. The number of ether oxygens (including phenoxy) is 3. The Morgan fingerprint density at radius 3 is 2.65 bits per heavy atom. The molecule has 0 aliphatic carbocycles. The number of aromatic nitrogens is 1. The monoisotopic (exact) mass is 470 g/mol. The molecule has 0 bridgehead atoms. The number of methoxy groups -OCH3 is 1. The Bertz CT molecular complexity index is 1170. The molecule has 0 radical (unpaired) electrons. The molecule has 1 aliphatic heterocycles. The van der Waals surface area contributed by atoms with E-state index in [0.29, 0.717) is 22.8 Å². The predicted molar refractivity (Wildman–Crippen MR) is 127 cm³/mol. The minimum absolute atomic E-state index is 0.133. The molecule has 2 heterocycles. The summed E-state index contributed by atoms with van der Waals surface area (Å²) in [7, 11) is 1.52. The van der Waals surface area contributed by atoms with Crippen molar-refractivity contribution in [3.05, 3.63) is 41.3 Å². The van der Waals surface area contributed by atoms with Gasteiger partial charge in [0, 0.05) is 26.1 Å². The molecular weight excluding hydrogens is 439 g/mol. The number of benzene rings is 2. The van der Waals surface area contributed by atoms with Gasteiger partial charge in [-0.15, -0.1) is 0 Å². The van der Waals surface area contributed by atoms with Gasteiger partial charge >= 0.3 is 5.97 Å². The molecule has 7 nitrogen and oxygen atoms in total. The maximum Gasteiger partial charge on any atom is 0.303 e. The van der Waals surface area contributed by atoms with Crippen molar-refractivity contribution in [2.45, 2.75) is 59.0 Å².